The molecule has 23 heavy (non-hydrogen) atoms. The van der Waals surface area contributed by atoms with Crippen molar-refractivity contribution >= 4 is 12.1 Å². The second-order valence-corrected chi connectivity index (χ2v) is 4.91. The Kier molecular flexibility index (Phi) is 5.74. The Morgan fingerprint density at radius 2 is 1.96 bits per heavy atom. The molecule has 0 unspecified atom stereocenters. The minimum Gasteiger partial charge on any atom is -0.467 e. The predicted molar refractivity (Wildman–Crippen MR) is 82.8 cm³/mol. The van der Waals surface area contributed by atoms with Crippen LogP contribution in [0.25, 0.3) is 0 Å². The first-order chi connectivity index (χ1) is 11.1. The van der Waals surface area contributed by atoms with Crippen molar-refractivity contribution in [2.24, 2.45) is 0 Å². The summed E-state index contributed by atoms with van der Waals surface area (Å²) in [5.41, 5.74) is 1.92. The van der Waals surface area contributed by atoms with Gasteiger partial charge in [-0.05, 0) is 5.56 Å². The Hall–Kier alpha value is -2.83. The predicted octanol–water partition coefficient (Wildman–Crippen LogP) is 1.37. The molecular weight excluding hydrogens is 298 g/mol. The standard InChI is InChI=1S/C16H19N3O4/c1-22-15(20)14(18-16(21)23-2)8-13-9-17-11-19(13)10-12-6-4-3-5-7-12/h3-7,9,11,14H,8,10H2,1-2H3,(H,18,21)/t14-/m0/s1. The fourth-order valence-electron chi connectivity index (χ4n) is 2.19. The second kappa shape index (κ2) is 7.98. The maximum Gasteiger partial charge on any atom is 0.407 e. The molecule has 2 aromatic rings. The number of amides is 1. The Morgan fingerprint density at radius 3 is 2.61 bits per heavy atom. The molecule has 7 heteroatoms. The highest BCUT2D eigenvalue weighted by atomic mass is 16.5. The molecule has 0 saturated carbocycles. The Labute approximate surface area is 134 Å². The van der Waals surface area contributed by atoms with Gasteiger partial charge in [0, 0.05) is 24.9 Å². The minimum absolute atomic E-state index is 0.259. The second-order valence-electron chi connectivity index (χ2n) is 4.91. The molecule has 2 rings (SSSR count). The summed E-state index contributed by atoms with van der Waals surface area (Å²) in [5.74, 6) is -0.539. The van der Waals surface area contributed by atoms with Crippen LogP contribution in [0.15, 0.2) is 42.9 Å². The van der Waals surface area contributed by atoms with Crippen molar-refractivity contribution in [2.45, 2.75) is 19.0 Å². The molecule has 122 valence electrons. The van der Waals surface area contributed by atoms with E-state index in [1.807, 2.05) is 34.9 Å². The van der Waals surface area contributed by atoms with Gasteiger partial charge in [0.2, 0.25) is 0 Å². The highest BCUT2D eigenvalue weighted by Crippen LogP contribution is 2.09. The Balaban J connectivity index is 2.12. The third kappa shape index (κ3) is 4.57. The monoisotopic (exact) mass is 317 g/mol. The van der Waals surface area contributed by atoms with Crippen LogP contribution in [0, 0.1) is 0 Å². The van der Waals surface area contributed by atoms with E-state index in [0.717, 1.165) is 11.3 Å². The molecular formula is C16H19N3O4. The minimum atomic E-state index is -0.835. The maximum absolute atomic E-state index is 11.8. The van der Waals surface area contributed by atoms with Crippen LogP contribution in [0.2, 0.25) is 0 Å². The molecule has 1 aromatic heterocycles. The van der Waals surface area contributed by atoms with Crippen molar-refractivity contribution in [1.82, 2.24) is 14.9 Å². The first kappa shape index (κ1) is 16.5. The van der Waals surface area contributed by atoms with Crippen LogP contribution in [0.5, 0.6) is 0 Å². The largest absolute Gasteiger partial charge is 0.467 e. The number of aromatic nitrogens is 2. The summed E-state index contributed by atoms with van der Waals surface area (Å²) in [6.45, 7) is 0.627. The summed E-state index contributed by atoms with van der Waals surface area (Å²) in [5, 5.41) is 2.47. The molecule has 1 N–H and O–H groups in total. The number of esters is 1. The zero-order valence-corrected chi connectivity index (χ0v) is 13.1. The lowest BCUT2D eigenvalue weighted by atomic mass is 10.1. The summed E-state index contributed by atoms with van der Waals surface area (Å²) in [7, 11) is 2.51. The summed E-state index contributed by atoms with van der Waals surface area (Å²) in [6, 6.07) is 9.05. The lowest BCUT2D eigenvalue weighted by molar-refractivity contribution is -0.143. The zero-order chi connectivity index (χ0) is 16.7. The van der Waals surface area contributed by atoms with Crippen molar-refractivity contribution < 1.29 is 19.1 Å². The average Bonchev–Trinajstić information content (AvgIpc) is 3.01. The van der Waals surface area contributed by atoms with Crippen LogP contribution in [0.4, 0.5) is 4.79 Å². The SMILES string of the molecule is COC(=O)N[C@@H](Cc1cncn1Cc1ccccc1)C(=O)OC. The lowest BCUT2D eigenvalue weighted by Crippen LogP contribution is -2.43. The van der Waals surface area contributed by atoms with Crippen molar-refractivity contribution in [2.75, 3.05) is 14.2 Å². The molecule has 0 aliphatic heterocycles. The van der Waals surface area contributed by atoms with E-state index in [9.17, 15) is 9.59 Å². The lowest BCUT2D eigenvalue weighted by Gasteiger charge is -2.16. The molecule has 7 nitrogen and oxygen atoms in total. The highest BCUT2D eigenvalue weighted by Gasteiger charge is 2.23. The van der Waals surface area contributed by atoms with Crippen LogP contribution in [0.1, 0.15) is 11.3 Å². The van der Waals surface area contributed by atoms with Crippen LogP contribution in [0.3, 0.4) is 0 Å². The van der Waals surface area contributed by atoms with Crippen molar-refractivity contribution in [3.05, 3.63) is 54.1 Å². The van der Waals surface area contributed by atoms with E-state index in [1.165, 1.54) is 14.2 Å². The normalized spacial score (nSPS) is 11.6. The number of benzene rings is 1. The fraction of sp³-hybridized carbons (Fsp3) is 0.312. The Bertz CT molecular complexity index is 654. The number of carbonyl (C=O) groups is 2. The number of alkyl carbamates (subject to hydrolysis) is 1. The molecule has 1 atom stereocenters. The summed E-state index contributed by atoms with van der Waals surface area (Å²) >= 11 is 0. The molecule has 1 amide bonds. The number of carbonyl (C=O) groups excluding carboxylic acids is 2. The van der Waals surface area contributed by atoms with Crippen molar-refractivity contribution in [1.29, 1.82) is 0 Å². The van der Waals surface area contributed by atoms with Crippen molar-refractivity contribution in [3.8, 4) is 0 Å². The molecule has 0 aliphatic carbocycles. The number of rotatable bonds is 6. The van der Waals surface area contributed by atoms with Crippen LogP contribution >= 0.6 is 0 Å². The zero-order valence-electron chi connectivity index (χ0n) is 13.1. The van der Waals surface area contributed by atoms with Gasteiger partial charge in [0.05, 0.1) is 20.5 Å². The molecule has 1 aromatic carbocycles. The summed E-state index contributed by atoms with van der Waals surface area (Å²) < 4.78 is 11.2. The number of ether oxygens (including phenoxy) is 2. The molecule has 0 fully saturated rings. The first-order valence-electron chi connectivity index (χ1n) is 7.09. The van der Waals surface area contributed by atoms with Gasteiger partial charge in [-0.25, -0.2) is 14.6 Å². The van der Waals surface area contributed by atoms with E-state index in [-0.39, 0.29) is 6.42 Å². The molecule has 0 aliphatic rings. The van der Waals surface area contributed by atoms with Crippen LogP contribution < -0.4 is 5.32 Å². The van der Waals surface area contributed by atoms with Gasteiger partial charge < -0.3 is 19.4 Å². The van der Waals surface area contributed by atoms with Gasteiger partial charge in [0.25, 0.3) is 0 Å². The number of hydrogen-bond donors (Lipinski definition) is 1. The van der Waals surface area contributed by atoms with Gasteiger partial charge in [-0.15, -0.1) is 0 Å². The van der Waals surface area contributed by atoms with E-state index in [0.29, 0.717) is 6.54 Å². The molecule has 0 radical (unpaired) electrons. The van der Waals surface area contributed by atoms with E-state index < -0.39 is 18.1 Å². The van der Waals surface area contributed by atoms with Crippen LogP contribution in [-0.4, -0.2) is 41.9 Å². The number of nitrogens with zero attached hydrogens (tertiary/aromatic N) is 2. The molecule has 1 heterocycles. The number of hydrogen-bond acceptors (Lipinski definition) is 5. The average molecular weight is 317 g/mol. The van der Waals surface area contributed by atoms with E-state index in [4.69, 9.17) is 4.74 Å². The van der Waals surface area contributed by atoms with Gasteiger partial charge in [0.1, 0.15) is 6.04 Å². The Morgan fingerprint density at radius 1 is 1.22 bits per heavy atom. The quantitative estimate of drug-likeness (QED) is 0.814. The molecule has 0 bridgehead atoms. The number of imidazole rings is 1. The van der Waals surface area contributed by atoms with Gasteiger partial charge in [-0.1, -0.05) is 30.3 Å². The first-order valence-corrected chi connectivity index (χ1v) is 7.09. The number of methoxy groups -OCH3 is 2. The van der Waals surface area contributed by atoms with Gasteiger partial charge in [0.15, 0.2) is 0 Å². The fourth-order valence-corrected chi connectivity index (χ4v) is 2.19. The van der Waals surface area contributed by atoms with E-state index in [2.05, 4.69) is 15.0 Å². The third-order valence-electron chi connectivity index (χ3n) is 3.37. The van der Waals surface area contributed by atoms with Gasteiger partial charge >= 0.3 is 12.1 Å². The third-order valence-corrected chi connectivity index (χ3v) is 3.37. The molecule has 0 spiro atoms. The topological polar surface area (TPSA) is 82.5 Å². The maximum atomic E-state index is 11.8. The van der Waals surface area contributed by atoms with E-state index in [1.54, 1.807) is 12.5 Å². The van der Waals surface area contributed by atoms with E-state index >= 15 is 0 Å². The summed E-state index contributed by atoms with van der Waals surface area (Å²) in [4.78, 5) is 27.3. The molecule has 0 saturated heterocycles. The summed E-state index contributed by atoms with van der Waals surface area (Å²) in [6.07, 6.45) is 2.93. The smallest absolute Gasteiger partial charge is 0.407 e. The van der Waals surface area contributed by atoms with Crippen LogP contribution in [-0.2, 0) is 27.2 Å². The van der Waals surface area contributed by atoms with Crippen molar-refractivity contribution in [3.63, 3.8) is 0 Å². The number of nitrogens with one attached hydrogen (secondary N) is 1. The van der Waals surface area contributed by atoms with Gasteiger partial charge in [-0.3, -0.25) is 0 Å². The highest BCUT2D eigenvalue weighted by molar-refractivity contribution is 5.81. The van der Waals surface area contributed by atoms with Gasteiger partial charge in [-0.2, -0.15) is 0 Å².